The van der Waals surface area contributed by atoms with E-state index in [4.69, 9.17) is 5.73 Å². The van der Waals surface area contributed by atoms with E-state index in [2.05, 4.69) is 15.5 Å². The molecule has 5 N–H and O–H groups in total. The fourth-order valence-electron chi connectivity index (χ4n) is 2.20. The number of aromatic amines is 1. The van der Waals surface area contributed by atoms with Crippen LogP contribution in [0.5, 0.6) is 0 Å². The first-order valence-electron chi connectivity index (χ1n) is 6.19. The molecule has 18 heavy (non-hydrogen) atoms. The Kier molecular flexibility index (Phi) is 3.06. The molecule has 2 rings (SSSR count). The number of rotatable bonds is 3. The van der Waals surface area contributed by atoms with Crippen molar-refractivity contribution in [3.8, 4) is 0 Å². The summed E-state index contributed by atoms with van der Waals surface area (Å²) in [7, 11) is 0. The molecule has 100 valence electrons. The number of nitrogens with zero attached hydrogens (tertiary/aromatic N) is 1. The lowest BCUT2D eigenvalue weighted by Crippen LogP contribution is -2.61. The summed E-state index contributed by atoms with van der Waals surface area (Å²) in [5, 5.41) is 19.2. The van der Waals surface area contributed by atoms with Gasteiger partial charge in [0.2, 0.25) is 0 Å². The smallest absolute Gasteiger partial charge is 0.274 e. The molecule has 1 saturated carbocycles. The molecule has 1 aliphatic carbocycles. The summed E-state index contributed by atoms with van der Waals surface area (Å²) >= 11 is 0. The van der Waals surface area contributed by atoms with Gasteiger partial charge in [0.1, 0.15) is 0 Å². The largest absolute Gasteiger partial charge is 0.395 e. The molecule has 6 heteroatoms. The van der Waals surface area contributed by atoms with Crippen LogP contribution in [-0.4, -0.2) is 33.4 Å². The summed E-state index contributed by atoms with van der Waals surface area (Å²) in [6.07, 6.45) is 0.911. The highest BCUT2D eigenvalue weighted by Gasteiger charge is 2.48. The molecule has 2 unspecified atom stereocenters. The number of nitrogens with two attached hydrogens (primary N) is 1. The van der Waals surface area contributed by atoms with Gasteiger partial charge in [-0.3, -0.25) is 9.89 Å². The van der Waals surface area contributed by atoms with Crippen molar-refractivity contribution in [2.75, 3.05) is 5.73 Å². The SMILES string of the molecule is CCc1[nH]nc(C(=O)NC2CC(O)C2(C)C)c1N. The van der Waals surface area contributed by atoms with Crippen molar-refractivity contribution in [2.45, 2.75) is 45.8 Å². The molecular formula is C12H20N4O2. The molecule has 0 aromatic carbocycles. The monoisotopic (exact) mass is 252 g/mol. The first-order valence-corrected chi connectivity index (χ1v) is 6.19. The Morgan fingerprint density at radius 2 is 2.33 bits per heavy atom. The van der Waals surface area contributed by atoms with Crippen LogP contribution < -0.4 is 11.1 Å². The van der Waals surface area contributed by atoms with Crippen LogP contribution in [0.1, 0.15) is 43.4 Å². The van der Waals surface area contributed by atoms with Gasteiger partial charge in [0.15, 0.2) is 5.69 Å². The summed E-state index contributed by atoms with van der Waals surface area (Å²) in [6, 6.07) is -0.0406. The van der Waals surface area contributed by atoms with Crippen molar-refractivity contribution in [1.82, 2.24) is 15.5 Å². The van der Waals surface area contributed by atoms with Crippen molar-refractivity contribution < 1.29 is 9.90 Å². The van der Waals surface area contributed by atoms with Crippen LogP contribution >= 0.6 is 0 Å². The molecule has 0 saturated heterocycles. The highest BCUT2D eigenvalue weighted by atomic mass is 16.3. The first kappa shape index (κ1) is 12.9. The van der Waals surface area contributed by atoms with E-state index in [9.17, 15) is 9.90 Å². The van der Waals surface area contributed by atoms with Gasteiger partial charge in [-0.25, -0.2) is 0 Å². The number of hydrogen-bond acceptors (Lipinski definition) is 4. The number of carbonyl (C=O) groups excluding carboxylic acids is 1. The third kappa shape index (κ3) is 1.86. The molecule has 1 amide bonds. The molecule has 1 fully saturated rings. The van der Waals surface area contributed by atoms with Crippen LogP contribution in [0.4, 0.5) is 5.69 Å². The van der Waals surface area contributed by atoms with Crippen LogP contribution in [0, 0.1) is 5.41 Å². The first-order chi connectivity index (χ1) is 8.37. The zero-order valence-electron chi connectivity index (χ0n) is 10.9. The number of aliphatic hydroxyl groups excluding tert-OH is 1. The van der Waals surface area contributed by atoms with Crippen molar-refractivity contribution in [3.63, 3.8) is 0 Å². The van der Waals surface area contributed by atoms with Crippen molar-refractivity contribution in [1.29, 1.82) is 0 Å². The zero-order valence-corrected chi connectivity index (χ0v) is 10.9. The number of hydrogen-bond donors (Lipinski definition) is 4. The number of nitrogen functional groups attached to an aromatic ring is 1. The topological polar surface area (TPSA) is 104 Å². The van der Waals surface area contributed by atoms with Crippen LogP contribution in [0.25, 0.3) is 0 Å². The van der Waals surface area contributed by atoms with Gasteiger partial charge < -0.3 is 16.2 Å². The molecule has 1 heterocycles. The van der Waals surface area contributed by atoms with Gasteiger partial charge in [-0.1, -0.05) is 20.8 Å². The van der Waals surface area contributed by atoms with Gasteiger partial charge >= 0.3 is 0 Å². The summed E-state index contributed by atoms with van der Waals surface area (Å²) in [5.41, 5.74) is 6.96. The van der Waals surface area contributed by atoms with E-state index in [1.807, 2.05) is 20.8 Å². The maximum atomic E-state index is 12.0. The normalized spacial score (nSPS) is 25.6. The molecule has 0 spiro atoms. The Hall–Kier alpha value is -1.56. The minimum Gasteiger partial charge on any atom is -0.395 e. The van der Waals surface area contributed by atoms with Crippen LogP contribution in [0.2, 0.25) is 0 Å². The van der Waals surface area contributed by atoms with Crippen LogP contribution in [-0.2, 0) is 6.42 Å². The minimum absolute atomic E-state index is 0.0406. The minimum atomic E-state index is -0.370. The Bertz CT molecular complexity index is 467. The number of aryl methyl sites for hydroxylation is 1. The molecular weight excluding hydrogens is 232 g/mol. The Morgan fingerprint density at radius 3 is 2.78 bits per heavy atom. The number of aromatic nitrogens is 2. The number of nitrogens with one attached hydrogen (secondary N) is 2. The lowest BCUT2D eigenvalue weighted by molar-refractivity contribution is -0.0689. The second kappa shape index (κ2) is 4.28. The number of carbonyl (C=O) groups is 1. The van der Waals surface area contributed by atoms with E-state index >= 15 is 0 Å². The lowest BCUT2D eigenvalue weighted by atomic mass is 9.64. The molecule has 1 aromatic rings. The van der Waals surface area contributed by atoms with E-state index in [1.165, 1.54) is 0 Å². The number of anilines is 1. The predicted octanol–water partition coefficient (Wildman–Crippen LogP) is 0.443. The van der Waals surface area contributed by atoms with E-state index < -0.39 is 0 Å². The Labute approximate surface area is 106 Å². The molecule has 1 aliphatic rings. The average Bonchev–Trinajstić information content (AvgIpc) is 2.70. The summed E-state index contributed by atoms with van der Waals surface area (Å²) in [5.74, 6) is -0.284. The highest BCUT2D eigenvalue weighted by molar-refractivity contribution is 5.97. The standard InChI is InChI=1S/C12H20N4O2/c1-4-6-9(13)10(16-15-6)11(18)14-7-5-8(17)12(7,2)3/h7-8,17H,4-5,13H2,1-3H3,(H,14,18)(H,15,16). The third-order valence-corrected chi connectivity index (χ3v) is 3.97. The Morgan fingerprint density at radius 1 is 1.67 bits per heavy atom. The lowest BCUT2D eigenvalue weighted by Gasteiger charge is -2.49. The highest BCUT2D eigenvalue weighted by Crippen LogP contribution is 2.40. The molecule has 0 aliphatic heterocycles. The Balaban J connectivity index is 2.07. The predicted molar refractivity (Wildman–Crippen MR) is 68.0 cm³/mol. The third-order valence-electron chi connectivity index (χ3n) is 3.97. The maximum absolute atomic E-state index is 12.0. The molecule has 0 bridgehead atoms. The second-order valence-corrected chi connectivity index (χ2v) is 5.42. The molecule has 1 aromatic heterocycles. The zero-order chi connectivity index (χ0) is 13.5. The van der Waals surface area contributed by atoms with Gasteiger partial charge in [0.05, 0.1) is 17.5 Å². The molecule has 0 radical (unpaired) electrons. The fraction of sp³-hybridized carbons (Fsp3) is 0.667. The van der Waals surface area contributed by atoms with Crippen molar-refractivity contribution in [2.24, 2.45) is 5.41 Å². The van der Waals surface area contributed by atoms with Crippen LogP contribution in [0.3, 0.4) is 0 Å². The van der Waals surface area contributed by atoms with Gasteiger partial charge in [-0.2, -0.15) is 5.10 Å². The van der Waals surface area contributed by atoms with Crippen LogP contribution in [0.15, 0.2) is 0 Å². The van der Waals surface area contributed by atoms with E-state index in [0.29, 0.717) is 18.5 Å². The van der Waals surface area contributed by atoms with E-state index in [0.717, 1.165) is 5.69 Å². The number of amides is 1. The maximum Gasteiger partial charge on any atom is 0.274 e. The second-order valence-electron chi connectivity index (χ2n) is 5.42. The van der Waals surface area contributed by atoms with E-state index in [1.54, 1.807) is 0 Å². The summed E-state index contributed by atoms with van der Waals surface area (Å²) in [4.78, 5) is 12.0. The van der Waals surface area contributed by atoms with Gasteiger partial charge in [0.25, 0.3) is 5.91 Å². The molecule has 6 nitrogen and oxygen atoms in total. The molecule has 2 atom stereocenters. The number of H-pyrrole nitrogens is 1. The van der Waals surface area contributed by atoms with Gasteiger partial charge in [-0.15, -0.1) is 0 Å². The summed E-state index contributed by atoms with van der Waals surface area (Å²) in [6.45, 7) is 5.80. The number of aliphatic hydroxyl groups is 1. The van der Waals surface area contributed by atoms with Crippen molar-refractivity contribution in [3.05, 3.63) is 11.4 Å². The van der Waals surface area contributed by atoms with E-state index in [-0.39, 0.29) is 29.2 Å². The average molecular weight is 252 g/mol. The fourth-order valence-corrected chi connectivity index (χ4v) is 2.20. The van der Waals surface area contributed by atoms with Gasteiger partial charge in [-0.05, 0) is 12.8 Å². The van der Waals surface area contributed by atoms with Gasteiger partial charge in [0, 0.05) is 11.5 Å². The summed E-state index contributed by atoms with van der Waals surface area (Å²) < 4.78 is 0. The quantitative estimate of drug-likeness (QED) is 0.626. The van der Waals surface area contributed by atoms with Crippen molar-refractivity contribution >= 4 is 11.6 Å².